The lowest BCUT2D eigenvalue weighted by molar-refractivity contribution is -0.142. The summed E-state index contributed by atoms with van der Waals surface area (Å²) in [5, 5.41) is 4.13. The summed E-state index contributed by atoms with van der Waals surface area (Å²) in [6, 6.07) is 2.01. The molecule has 0 aliphatic carbocycles. The number of fused-ring (bicyclic) bond motifs is 1. The summed E-state index contributed by atoms with van der Waals surface area (Å²) in [7, 11) is 0. The zero-order chi connectivity index (χ0) is 13.0. The van der Waals surface area contributed by atoms with Crippen molar-refractivity contribution >= 4 is 39.3 Å². The van der Waals surface area contributed by atoms with Gasteiger partial charge in [0.2, 0.25) is 0 Å². The quantitative estimate of drug-likeness (QED) is 0.479. The molecule has 0 aliphatic heterocycles. The molecule has 96 valence electrons. The monoisotopic (exact) mass is 282 g/mol. The number of hydrogen-bond acceptors (Lipinski definition) is 6. The number of ether oxygens (including phenoxy) is 1. The third-order valence-electron chi connectivity index (χ3n) is 2.30. The minimum Gasteiger partial charge on any atom is -0.466 e. The molecule has 0 aliphatic rings. The first-order chi connectivity index (χ1) is 8.70. The number of nitrogens with zero attached hydrogens (tertiary/aromatic N) is 2. The van der Waals surface area contributed by atoms with E-state index in [0.717, 1.165) is 15.2 Å². The van der Waals surface area contributed by atoms with Gasteiger partial charge in [0.1, 0.15) is 16.2 Å². The van der Waals surface area contributed by atoms with Gasteiger partial charge in [-0.05, 0) is 18.4 Å². The second-order valence-electron chi connectivity index (χ2n) is 3.76. The van der Waals surface area contributed by atoms with Crippen LogP contribution in [0.5, 0.6) is 0 Å². The van der Waals surface area contributed by atoms with Crippen molar-refractivity contribution in [2.75, 3.05) is 6.61 Å². The maximum atomic E-state index is 11.4. The van der Waals surface area contributed by atoms with Crippen LogP contribution in [-0.2, 0) is 9.53 Å². The predicted octanol–water partition coefficient (Wildman–Crippen LogP) is 3.13. The van der Waals surface area contributed by atoms with Crippen molar-refractivity contribution in [3.05, 3.63) is 17.8 Å². The van der Waals surface area contributed by atoms with Gasteiger partial charge in [-0.2, -0.15) is 0 Å². The second kappa shape index (κ2) is 6.15. The van der Waals surface area contributed by atoms with Crippen LogP contribution in [0.4, 0.5) is 0 Å². The number of carbonyl (C=O) groups excluding carboxylic acids is 1. The standard InChI is InChI=1S/C12H14N2O2S2/c1-3-16-10(15)6-8(2)18-12-9-4-5-17-11(9)13-7-14-12/h4-5,7-8H,3,6H2,1-2H3. The van der Waals surface area contributed by atoms with E-state index in [2.05, 4.69) is 9.97 Å². The highest BCUT2D eigenvalue weighted by Gasteiger charge is 2.14. The first-order valence-electron chi connectivity index (χ1n) is 5.71. The van der Waals surface area contributed by atoms with Crippen LogP contribution < -0.4 is 0 Å². The summed E-state index contributed by atoms with van der Waals surface area (Å²) in [6.07, 6.45) is 1.96. The average molecular weight is 282 g/mol. The van der Waals surface area contributed by atoms with E-state index >= 15 is 0 Å². The van der Waals surface area contributed by atoms with Crippen molar-refractivity contribution < 1.29 is 9.53 Å². The van der Waals surface area contributed by atoms with Gasteiger partial charge in [-0.1, -0.05) is 6.92 Å². The Bertz CT molecular complexity index is 542. The van der Waals surface area contributed by atoms with E-state index in [1.165, 1.54) is 0 Å². The molecule has 0 saturated heterocycles. The molecule has 0 aromatic carbocycles. The van der Waals surface area contributed by atoms with Gasteiger partial charge in [-0.3, -0.25) is 4.79 Å². The van der Waals surface area contributed by atoms with Gasteiger partial charge >= 0.3 is 5.97 Å². The normalized spacial score (nSPS) is 12.6. The van der Waals surface area contributed by atoms with Crippen molar-refractivity contribution in [1.29, 1.82) is 0 Å². The van der Waals surface area contributed by atoms with Gasteiger partial charge in [0.15, 0.2) is 0 Å². The molecule has 0 spiro atoms. The Hall–Kier alpha value is -1.14. The average Bonchev–Trinajstić information content (AvgIpc) is 2.78. The maximum absolute atomic E-state index is 11.4. The zero-order valence-corrected chi connectivity index (χ0v) is 11.9. The molecule has 0 amide bonds. The first kappa shape index (κ1) is 13.3. The van der Waals surface area contributed by atoms with Gasteiger partial charge in [-0.15, -0.1) is 23.1 Å². The predicted molar refractivity (Wildman–Crippen MR) is 74.0 cm³/mol. The molecule has 2 aromatic heterocycles. The van der Waals surface area contributed by atoms with Gasteiger partial charge in [-0.25, -0.2) is 9.97 Å². The van der Waals surface area contributed by atoms with Crippen molar-refractivity contribution in [2.45, 2.75) is 30.5 Å². The molecular weight excluding hydrogens is 268 g/mol. The Morgan fingerprint density at radius 1 is 1.56 bits per heavy atom. The van der Waals surface area contributed by atoms with Gasteiger partial charge in [0, 0.05) is 10.6 Å². The van der Waals surface area contributed by atoms with E-state index in [4.69, 9.17) is 4.74 Å². The number of thiophene rings is 1. The molecule has 0 bridgehead atoms. The summed E-state index contributed by atoms with van der Waals surface area (Å²) in [5.41, 5.74) is 0. The number of rotatable bonds is 5. The fourth-order valence-electron chi connectivity index (χ4n) is 1.55. The summed E-state index contributed by atoms with van der Waals surface area (Å²) >= 11 is 3.18. The molecule has 4 nitrogen and oxygen atoms in total. The molecule has 2 heterocycles. The van der Waals surface area contributed by atoms with E-state index in [1.54, 1.807) is 29.4 Å². The van der Waals surface area contributed by atoms with Crippen molar-refractivity contribution in [2.24, 2.45) is 0 Å². The topological polar surface area (TPSA) is 52.1 Å². The molecule has 1 atom stereocenters. The van der Waals surface area contributed by atoms with Gasteiger partial charge in [0.05, 0.1) is 13.0 Å². The highest BCUT2D eigenvalue weighted by molar-refractivity contribution is 8.00. The van der Waals surface area contributed by atoms with Crippen molar-refractivity contribution in [3.63, 3.8) is 0 Å². The van der Waals surface area contributed by atoms with Crippen LogP contribution in [0.25, 0.3) is 10.2 Å². The highest BCUT2D eigenvalue weighted by atomic mass is 32.2. The van der Waals surface area contributed by atoms with Crippen molar-refractivity contribution in [3.8, 4) is 0 Å². The highest BCUT2D eigenvalue weighted by Crippen LogP contribution is 2.31. The van der Waals surface area contributed by atoms with E-state index in [-0.39, 0.29) is 11.2 Å². The fraction of sp³-hybridized carbons (Fsp3) is 0.417. The van der Waals surface area contributed by atoms with Crippen LogP contribution in [0.15, 0.2) is 22.8 Å². The van der Waals surface area contributed by atoms with Crippen LogP contribution in [0.2, 0.25) is 0 Å². The molecule has 0 radical (unpaired) electrons. The Balaban J connectivity index is 2.04. The Morgan fingerprint density at radius 2 is 2.39 bits per heavy atom. The van der Waals surface area contributed by atoms with Crippen LogP contribution in [0.3, 0.4) is 0 Å². The third-order valence-corrected chi connectivity index (χ3v) is 4.24. The van der Waals surface area contributed by atoms with Crippen LogP contribution in [0.1, 0.15) is 20.3 Å². The lowest BCUT2D eigenvalue weighted by Crippen LogP contribution is -2.10. The number of esters is 1. The number of aromatic nitrogens is 2. The SMILES string of the molecule is CCOC(=O)CC(C)Sc1ncnc2sccc12. The lowest BCUT2D eigenvalue weighted by Gasteiger charge is -2.10. The summed E-state index contributed by atoms with van der Waals surface area (Å²) in [5.74, 6) is -0.159. The number of carbonyl (C=O) groups is 1. The van der Waals surface area contributed by atoms with Crippen LogP contribution in [-0.4, -0.2) is 27.8 Å². The summed E-state index contributed by atoms with van der Waals surface area (Å²) in [4.78, 5) is 20.9. The molecule has 0 N–H and O–H groups in total. The molecule has 2 aromatic rings. The molecule has 1 unspecified atom stereocenters. The lowest BCUT2D eigenvalue weighted by atomic mass is 10.3. The minimum absolute atomic E-state index is 0.141. The van der Waals surface area contributed by atoms with E-state index in [1.807, 2.05) is 25.3 Å². The molecule has 18 heavy (non-hydrogen) atoms. The van der Waals surface area contributed by atoms with E-state index in [9.17, 15) is 4.79 Å². The number of thioether (sulfide) groups is 1. The molecule has 6 heteroatoms. The smallest absolute Gasteiger partial charge is 0.306 e. The molecule has 0 fully saturated rings. The zero-order valence-electron chi connectivity index (χ0n) is 10.3. The van der Waals surface area contributed by atoms with Crippen LogP contribution in [0, 0.1) is 0 Å². The Morgan fingerprint density at radius 3 is 3.17 bits per heavy atom. The van der Waals surface area contributed by atoms with Gasteiger partial charge in [0.25, 0.3) is 0 Å². The van der Waals surface area contributed by atoms with Gasteiger partial charge < -0.3 is 4.74 Å². The maximum Gasteiger partial charge on any atom is 0.306 e. The van der Waals surface area contributed by atoms with E-state index in [0.29, 0.717) is 13.0 Å². The summed E-state index contributed by atoms with van der Waals surface area (Å²) < 4.78 is 4.94. The van der Waals surface area contributed by atoms with Crippen molar-refractivity contribution in [1.82, 2.24) is 9.97 Å². The Labute approximate surface area is 114 Å². The first-order valence-corrected chi connectivity index (χ1v) is 7.47. The minimum atomic E-state index is -0.159. The second-order valence-corrected chi connectivity index (χ2v) is 6.08. The Kier molecular flexibility index (Phi) is 4.54. The molecular formula is C12H14N2O2S2. The van der Waals surface area contributed by atoms with Crippen LogP contribution >= 0.6 is 23.1 Å². The third kappa shape index (κ3) is 3.20. The summed E-state index contributed by atoms with van der Waals surface area (Å²) in [6.45, 7) is 4.25. The molecule has 2 rings (SSSR count). The van der Waals surface area contributed by atoms with E-state index < -0.39 is 0 Å². The molecule has 0 saturated carbocycles. The fourth-order valence-corrected chi connectivity index (χ4v) is 3.35. The largest absolute Gasteiger partial charge is 0.466 e. The number of hydrogen-bond donors (Lipinski definition) is 0.